The molecule has 0 radical (unpaired) electrons. The number of para-hydroxylation sites is 1. The van der Waals surface area contributed by atoms with Gasteiger partial charge in [0.2, 0.25) is 0 Å². The molecule has 0 saturated carbocycles. The number of nitrogens with zero attached hydrogens (tertiary/aromatic N) is 7. The number of hydrogen-bond donors (Lipinski definition) is 0. The molecule has 9 nitrogen and oxygen atoms in total. The zero-order valence-corrected chi connectivity index (χ0v) is 18.9. The number of benzene rings is 1. The van der Waals surface area contributed by atoms with Gasteiger partial charge in [-0.15, -0.1) is 5.10 Å². The van der Waals surface area contributed by atoms with Gasteiger partial charge in [-0.05, 0) is 50.6 Å². The fourth-order valence-corrected chi connectivity index (χ4v) is 3.86. The molecule has 5 aromatic rings. The number of pyridine rings is 1. The van der Waals surface area contributed by atoms with Crippen LogP contribution in [0.4, 0.5) is 0 Å². The molecule has 9 heteroatoms. The van der Waals surface area contributed by atoms with E-state index in [-0.39, 0.29) is 6.61 Å². The molecule has 1 aromatic carbocycles. The first-order valence-electron chi connectivity index (χ1n) is 10.5. The molecule has 0 spiro atoms. The lowest BCUT2D eigenvalue weighted by Crippen LogP contribution is -2.02. The van der Waals surface area contributed by atoms with Crippen LogP contribution < -0.4 is 4.74 Å². The van der Waals surface area contributed by atoms with E-state index in [1.807, 2.05) is 49.4 Å². The van der Waals surface area contributed by atoms with Gasteiger partial charge in [0.15, 0.2) is 23.7 Å². The van der Waals surface area contributed by atoms with E-state index >= 15 is 0 Å². The molecule has 33 heavy (non-hydrogen) atoms. The molecule has 0 aliphatic rings. The van der Waals surface area contributed by atoms with Crippen molar-refractivity contribution in [3.63, 3.8) is 0 Å². The molecular formula is C24H23N7O2. The molecule has 0 amide bonds. The van der Waals surface area contributed by atoms with Crippen LogP contribution in [0.3, 0.4) is 0 Å². The van der Waals surface area contributed by atoms with Gasteiger partial charge in [0.1, 0.15) is 17.9 Å². The maximum absolute atomic E-state index is 5.45. The van der Waals surface area contributed by atoms with Gasteiger partial charge >= 0.3 is 0 Å². The summed E-state index contributed by atoms with van der Waals surface area (Å²) >= 11 is 0. The lowest BCUT2D eigenvalue weighted by Gasteiger charge is -2.07. The quantitative estimate of drug-likeness (QED) is 0.293. The number of hydrogen-bond acceptors (Lipinski definition) is 7. The molecule has 5 rings (SSSR count). The van der Waals surface area contributed by atoms with Gasteiger partial charge in [0, 0.05) is 17.0 Å². The summed E-state index contributed by atoms with van der Waals surface area (Å²) in [6, 6.07) is 13.5. The zero-order valence-electron chi connectivity index (χ0n) is 18.9. The summed E-state index contributed by atoms with van der Waals surface area (Å²) in [5.41, 5.74) is 5.43. The highest BCUT2D eigenvalue weighted by molar-refractivity contribution is 5.94. The van der Waals surface area contributed by atoms with Crippen LogP contribution in [-0.4, -0.2) is 42.5 Å². The predicted molar refractivity (Wildman–Crippen MR) is 125 cm³/mol. The Balaban J connectivity index is 1.46. The highest BCUT2D eigenvalue weighted by atomic mass is 16.6. The first kappa shape index (κ1) is 20.6. The average Bonchev–Trinajstić information content (AvgIpc) is 3.35. The van der Waals surface area contributed by atoms with Crippen LogP contribution in [0.15, 0.2) is 53.9 Å². The van der Waals surface area contributed by atoms with Crippen LogP contribution >= 0.6 is 0 Å². The summed E-state index contributed by atoms with van der Waals surface area (Å²) < 4.78 is 9.04. The van der Waals surface area contributed by atoms with Crippen molar-refractivity contribution in [2.24, 2.45) is 5.16 Å². The third-order valence-corrected chi connectivity index (χ3v) is 5.58. The topological polar surface area (TPSA) is 91.7 Å². The van der Waals surface area contributed by atoms with Crippen molar-refractivity contribution in [2.45, 2.75) is 27.4 Å². The number of oxime groups is 1. The number of rotatable bonds is 6. The van der Waals surface area contributed by atoms with Crippen molar-refractivity contribution in [1.29, 1.82) is 0 Å². The van der Waals surface area contributed by atoms with Crippen LogP contribution in [-0.2, 0) is 11.4 Å². The number of aromatic nitrogens is 6. The third-order valence-electron chi connectivity index (χ3n) is 5.58. The standard InChI is InChI=1S/C24H23N7O2/c1-15-8-7-11-21(27-15)31-17(3)16(2)22-23(31)25-14-30-24(22)28-20(29-30)13-33-26-12-18-9-5-6-10-19(18)32-4/h5-12,14H,13H2,1-4H3. The third kappa shape index (κ3) is 3.67. The highest BCUT2D eigenvalue weighted by Gasteiger charge is 2.19. The van der Waals surface area contributed by atoms with Crippen LogP contribution in [0.1, 0.15) is 28.3 Å². The minimum Gasteiger partial charge on any atom is -0.496 e. The van der Waals surface area contributed by atoms with E-state index in [0.717, 1.165) is 50.8 Å². The Morgan fingerprint density at radius 2 is 1.85 bits per heavy atom. The smallest absolute Gasteiger partial charge is 0.192 e. The SMILES string of the molecule is COc1ccccc1C=NOCc1nc2c3c(C)c(C)n(-c4cccc(C)n4)c3ncn2n1. The molecule has 4 heterocycles. The Morgan fingerprint density at radius 3 is 2.67 bits per heavy atom. The molecule has 4 aromatic heterocycles. The molecule has 0 aliphatic carbocycles. The summed E-state index contributed by atoms with van der Waals surface area (Å²) in [5.74, 6) is 2.07. The average molecular weight is 441 g/mol. The first-order chi connectivity index (χ1) is 16.1. The fraction of sp³-hybridized carbons (Fsp3) is 0.208. The Hall–Kier alpha value is -4.27. The van der Waals surface area contributed by atoms with Crippen molar-refractivity contribution in [3.05, 3.63) is 77.1 Å². The highest BCUT2D eigenvalue weighted by Crippen LogP contribution is 2.29. The summed E-state index contributed by atoms with van der Waals surface area (Å²) in [5, 5.41) is 9.48. The fourth-order valence-electron chi connectivity index (χ4n) is 3.86. The van der Waals surface area contributed by atoms with Crippen LogP contribution in [0.25, 0.3) is 22.5 Å². The first-order valence-corrected chi connectivity index (χ1v) is 10.5. The van der Waals surface area contributed by atoms with Crippen LogP contribution in [0.5, 0.6) is 5.75 Å². The van der Waals surface area contributed by atoms with Crippen molar-refractivity contribution in [3.8, 4) is 11.6 Å². The van der Waals surface area contributed by atoms with Crippen LogP contribution in [0, 0.1) is 20.8 Å². The van der Waals surface area contributed by atoms with Crippen molar-refractivity contribution in [2.75, 3.05) is 7.11 Å². The van der Waals surface area contributed by atoms with Gasteiger partial charge in [-0.25, -0.2) is 19.5 Å². The van der Waals surface area contributed by atoms with E-state index in [1.165, 1.54) is 0 Å². The minimum absolute atomic E-state index is 0.132. The second-order valence-corrected chi connectivity index (χ2v) is 7.67. The lowest BCUT2D eigenvalue weighted by atomic mass is 10.2. The van der Waals surface area contributed by atoms with Crippen molar-refractivity contribution in [1.82, 2.24) is 29.1 Å². The van der Waals surface area contributed by atoms with Gasteiger partial charge in [-0.2, -0.15) is 0 Å². The largest absolute Gasteiger partial charge is 0.496 e. The number of fused-ring (bicyclic) bond motifs is 3. The van der Waals surface area contributed by atoms with E-state index in [2.05, 4.69) is 38.6 Å². The molecule has 0 unspecified atom stereocenters. The Labute approximate surface area is 190 Å². The van der Waals surface area contributed by atoms with E-state index in [9.17, 15) is 0 Å². The Kier molecular flexibility index (Phi) is 5.21. The van der Waals surface area contributed by atoms with Gasteiger partial charge < -0.3 is 9.57 Å². The molecule has 166 valence electrons. The number of aryl methyl sites for hydroxylation is 2. The second kappa shape index (κ2) is 8.34. The van der Waals surface area contributed by atoms with Gasteiger partial charge in [-0.3, -0.25) is 4.57 Å². The Bertz CT molecular complexity index is 1500. The molecule has 0 fully saturated rings. The predicted octanol–water partition coefficient (Wildman–Crippen LogP) is 3.95. The Morgan fingerprint density at radius 1 is 1.00 bits per heavy atom. The molecule has 0 N–H and O–H groups in total. The molecule has 0 aliphatic heterocycles. The maximum Gasteiger partial charge on any atom is 0.192 e. The monoisotopic (exact) mass is 441 g/mol. The van der Waals surface area contributed by atoms with Gasteiger partial charge in [0.25, 0.3) is 0 Å². The second-order valence-electron chi connectivity index (χ2n) is 7.67. The summed E-state index contributed by atoms with van der Waals surface area (Å²) in [6.07, 6.45) is 3.27. The zero-order chi connectivity index (χ0) is 22.9. The van der Waals surface area contributed by atoms with Gasteiger partial charge in [0.05, 0.1) is 18.7 Å². The van der Waals surface area contributed by atoms with Crippen LogP contribution in [0.2, 0.25) is 0 Å². The molecule has 0 saturated heterocycles. The van der Waals surface area contributed by atoms with Crippen molar-refractivity contribution < 1.29 is 9.57 Å². The minimum atomic E-state index is 0.132. The normalized spacial score (nSPS) is 11.6. The van der Waals surface area contributed by atoms with Gasteiger partial charge in [-0.1, -0.05) is 23.4 Å². The summed E-state index contributed by atoms with van der Waals surface area (Å²) in [6.45, 7) is 6.23. The van der Waals surface area contributed by atoms with E-state index in [1.54, 1.807) is 24.2 Å². The number of methoxy groups -OCH3 is 1. The van der Waals surface area contributed by atoms with E-state index in [0.29, 0.717) is 5.82 Å². The number of ether oxygens (including phenoxy) is 1. The summed E-state index contributed by atoms with van der Waals surface area (Å²) in [4.78, 5) is 19.5. The van der Waals surface area contributed by atoms with Crippen molar-refractivity contribution >= 4 is 22.9 Å². The van der Waals surface area contributed by atoms with E-state index in [4.69, 9.17) is 14.6 Å². The molecule has 0 bridgehead atoms. The summed E-state index contributed by atoms with van der Waals surface area (Å²) in [7, 11) is 1.62. The lowest BCUT2D eigenvalue weighted by molar-refractivity contribution is 0.126. The maximum atomic E-state index is 5.45. The molecule has 0 atom stereocenters. The molecular weight excluding hydrogens is 418 g/mol. The van der Waals surface area contributed by atoms with E-state index < -0.39 is 0 Å².